The molecular weight excluding hydrogens is 1420 g/mol. The molecule has 0 fully saturated rings. The molecule has 0 saturated carbocycles. The maximum Gasteiger partial charge on any atom is 0.167 e. The van der Waals surface area contributed by atoms with Crippen molar-refractivity contribution in [2.75, 3.05) is 0 Å². The third kappa shape index (κ3) is 9.55. The van der Waals surface area contributed by atoms with Crippen molar-refractivity contribution in [2.45, 2.75) is 24.7 Å². The van der Waals surface area contributed by atoms with Gasteiger partial charge in [-0.2, -0.15) is 0 Å². The van der Waals surface area contributed by atoms with Crippen molar-refractivity contribution < 1.29 is 8.83 Å². The van der Waals surface area contributed by atoms with Crippen LogP contribution in [-0.4, -0.2) is 49.0 Å². The molecule has 15 aromatic carbocycles. The average Bonchev–Trinajstić information content (AvgIpc) is 1.50. The molecule has 0 radical (unpaired) electrons. The molecule has 3 aliphatic carbocycles. The van der Waals surface area contributed by atoms with Gasteiger partial charge in [-0.3, -0.25) is 0 Å². The fourth-order valence-electron chi connectivity index (χ4n) is 19.3. The third-order valence-corrected chi connectivity index (χ3v) is 24.3. The van der Waals surface area contributed by atoms with E-state index in [0.29, 0.717) is 34.9 Å². The first-order valence-corrected chi connectivity index (χ1v) is 39.2. The highest BCUT2D eigenvalue weighted by Gasteiger charge is 2.52. The van der Waals surface area contributed by atoms with E-state index < -0.39 is 5.41 Å². The Labute approximate surface area is 664 Å². The summed E-state index contributed by atoms with van der Waals surface area (Å²) in [7, 11) is 0. The van der Waals surface area contributed by atoms with Gasteiger partial charge in [0.25, 0.3) is 0 Å². The maximum absolute atomic E-state index is 6.78. The van der Waals surface area contributed by atoms with E-state index in [1.165, 1.54) is 88.4 Å². The topological polar surface area (TPSA) is 139 Å². The number of benzene rings is 15. The summed E-state index contributed by atoms with van der Waals surface area (Å²) in [4.78, 5) is 39.3. The first kappa shape index (κ1) is 65.3. The minimum atomic E-state index is -0.412. The van der Waals surface area contributed by atoms with Crippen molar-refractivity contribution in [1.29, 1.82) is 0 Å². The summed E-state index contributed by atoms with van der Waals surface area (Å²) in [6.45, 7) is 4.64. The van der Waals surface area contributed by atoms with Crippen molar-refractivity contribution in [3.8, 4) is 113 Å². The molecule has 0 N–H and O–H groups in total. The van der Waals surface area contributed by atoms with E-state index in [1.54, 1.807) is 6.33 Å². The van der Waals surface area contributed by atoms with Crippen LogP contribution >= 0.6 is 0 Å². The van der Waals surface area contributed by atoms with E-state index in [9.17, 15) is 0 Å². The number of hydrogen-bond donors (Lipinski definition) is 0. The first-order chi connectivity index (χ1) is 57.3. The molecule has 0 aliphatic heterocycles. The summed E-state index contributed by atoms with van der Waals surface area (Å²) < 4.78 is 18.2. The van der Waals surface area contributed by atoms with Crippen LogP contribution in [0, 0.1) is 0 Å². The minimum absolute atomic E-state index is 0.188. The average molecular weight is 1490 g/mol. The fraction of sp³-hybridized carbons (Fsp3) is 0.0385. The van der Waals surface area contributed by atoms with Crippen LogP contribution in [0.15, 0.2) is 361 Å². The molecule has 0 bridgehead atoms. The third-order valence-electron chi connectivity index (χ3n) is 24.3. The zero-order chi connectivity index (χ0) is 76.5. The highest BCUT2D eigenvalue weighted by atomic mass is 16.3. The number of fused-ring (bicyclic) bond motifs is 26. The molecule has 0 saturated heterocycles. The number of para-hydroxylation sites is 3. The lowest BCUT2D eigenvalue weighted by Gasteiger charge is -2.30. The largest absolute Gasteiger partial charge is 0.455 e. The van der Waals surface area contributed by atoms with Gasteiger partial charge < -0.3 is 18.0 Å². The summed E-state index contributed by atoms with van der Waals surface area (Å²) in [5.74, 6) is 3.56. The molecule has 22 aromatic rings. The van der Waals surface area contributed by atoms with Crippen molar-refractivity contribution in [3.63, 3.8) is 0 Å². The SMILES string of the molecule is CC1(C)c2ccccc2-c2ccc3c(c21)c1ncncc1n3-c1ccc2oc3c(-c4nc(-c5ccccc5)nc(-c5ccccc5)n4)cccc3c2c1.c1ccc(-c2nc(-c3ccccc3)nc(-c3cccc4c3oc3ccc(-n5c6ccccc6c6cc7c(cc65)-c5ccccc5C75c6ccccc6-c6ccccc65)cc34)n2)cc1. The Morgan fingerprint density at radius 3 is 1.20 bits per heavy atom. The lowest BCUT2D eigenvalue weighted by atomic mass is 9.70. The van der Waals surface area contributed by atoms with Crippen molar-refractivity contribution >= 4 is 87.6 Å². The predicted molar refractivity (Wildman–Crippen MR) is 465 cm³/mol. The van der Waals surface area contributed by atoms with E-state index in [-0.39, 0.29) is 5.41 Å². The molecule has 3 aliphatic rings. The van der Waals surface area contributed by atoms with Crippen LogP contribution in [0.4, 0.5) is 0 Å². The van der Waals surface area contributed by atoms with Crippen molar-refractivity contribution in [3.05, 3.63) is 386 Å². The quantitative estimate of drug-likeness (QED) is 0.144. The molecular formula is C104H64N10O2. The van der Waals surface area contributed by atoms with Gasteiger partial charge in [0.2, 0.25) is 0 Å². The molecule has 0 atom stereocenters. The Morgan fingerprint density at radius 2 is 0.690 bits per heavy atom. The number of rotatable bonds is 8. The molecule has 0 amide bonds. The summed E-state index contributed by atoms with van der Waals surface area (Å²) >= 11 is 0. The number of hydrogen-bond acceptors (Lipinski definition) is 10. The van der Waals surface area contributed by atoms with E-state index in [2.05, 4.69) is 228 Å². The van der Waals surface area contributed by atoms with E-state index in [1.807, 2.05) is 146 Å². The van der Waals surface area contributed by atoms with Gasteiger partial charge in [-0.05, 0) is 140 Å². The van der Waals surface area contributed by atoms with Gasteiger partial charge in [0, 0.05) is 76.7 Å². The first-order valence-electron chi connectivity index (χ1n) is 39.2. The molecule has 116 heavy (non-hydrogen) atoms. The Hall–Kier alpha value is -15.4. The normalized spacial score (nSPS) is 13.2. The van der Waals surface area contributed by atoms with Gasteiger partial charge in [0.1, 0.15) is 34.2 Å². The summed E-state index contributed by atoms with van der Waals surface area (Å²) in [6, 6.07) is 120. The second-order valence-electron chi connectivity index (χ2n) is 30.8. The highest BCUT2D eigenvalue weighted by Crippen LogP contribution is 2.64. The molecule has 7 aromatic heterocycles. The number of nitrogens with zero attached hydrogens (tertiary/aromatic N) is 10. The second-order valence-corrected chi connectivity index (χ2v) is 30.8. The lowest BCUT2D eigenvalue weighted by molar-refractivity contribution is 0.666. The number of aromatic nitrogens is 10. The van der Waals surface area contributed by atoms with E-state index in [4.69, 9.17) is 43.7 Å². The van der Waals surface area contributed by atoms with Crippen LogP contribution < -0.4 is 0 Å². The van der Waals surface area contributed by atoms with Gasteiger partial charge in [0.05, 0.1) is 44.8 Å². The van der Waals surface area contributed by atoms with Crippen LogP contribution in [0.25, 0.3) is 201 Å². The summed E-state index contributed by atoms with van der Waals surface area (Å²) in [5.41, 5.74) is 30.9. The van der Waals surface area contributed by atoms with Crippen LogP contribution in [0.3, 0.4) is 0 Å². The zero-order valence-electron chi connectivity index (χ0n) is 62.8. The Bertz CT molecular complexity index is 7720. The Balaban J connectivity index is 0.000000135. The van der Waals surface area contributed by atoms with Crippen LogP contribution in [-0.2, 0) is 10.8 Å². The van der Waals surface area contributed by atoms with Crippen molar-refractivity contribution in [1.82, 2.24) is 49.0 Å². The molecule has 0 unspecified atom stereocenters. The Morgan fingerprint density at radius 1 is 0.276 bits per heavy atom. The van der Waals surface area contributed by atoms with Crippen LogP contribution in [0.5, 0.6) is 0 Å². The molecule has 12 heteroatoms. The predicted octanol–water partition coefficient (Wildman–Crippen LogP) is 25.2. The maximum atomic E-state index is 6.78. The fourth-order valence-corrected chi connectivity index (χ4v) is 19.3. The molecule has 12 nitrogen and oxygen atoms in total. The van der Waals surface area contributed by atoms with Crippen LogP contribution in [0.1, 0.15) is 47.2 Å². The van der Waals surface area contributed by atoms with E-state index in [0.717, 1.165) is 111 Å². The Kier molecular flexibility index (Phi) is 14.1. The van der Waals surface area contributed by atoms with Gasteiger partial charge >= 0.3 is 0 Å². The lowest BCUT2D eigenvalue weighted by Crippen LogP contribution is -2.25. The highest BCUT2D eigenvalue weighted by molar-refractivity contribution is 6.16. The molecule has 542 valence electrons. The molecule has 1 spiro atoms. The van der Waals surface area contributed by atoms with Crippen molar-refractivity contribution in [2.24, 2.45) is 0 Å². The standard InChI is InChI=1S/C58H34N4O.C46H30N6O/c1-3-16-35(17-4-1)55-59-56(36-18-5-2-6-19-36)61-57(60-55)43-25-15-24-42-46-32-37(30-31-53(46)63-54(42)43)62-51-29-14-10-23-41(51)45-33-50-44(34-52(45)62)40-22-9-13-28-49(40)58(50)47-26-11-7-20-38(47)39-21-8-12-27-48(39)58;1-46(2)35-19-10-9-16-30(35)31-21-22-36-39(40(31)46)41-37(25-47-26-48-41)52(36)29-20-23-38-34(24-29)32-17-11-18-33(42(32)53-38)45-50-43(27-12-5-3-6-13-27)49-44(51-45)28-14-7-4-8-15-28/h1-34H;3-26H,1-2H3. The van der Waals surface area contributed by atoms with Gasteiger partial charge in [-0.1, -0.05) is 281 Å². The smallest absolute Gasteiger partial charge is 0.167 e. The van der Waals surface area contributed by atoms with Gasteiger partial charge in [-0.15, -0.1) is 0 Å². The molecule has 7 heterocycles. The van der Waals surface area contributed by atoms with E-state index >= 15 is 0 Å². The van der Waals surface area contributed by atoms with Crippen LogP contribution in [0.2, 0.25) is 0 Å². The van der Waals surface area contributed by atoms with Gasteiger partial charge in [0.15, 0.2) is 34.9 Å². The summed E-state index contributed by atoms with van der Waals surface area (Å²) in [6.07, 6.45) is 3.58. The number of furan rings is 2. The zero-order valence-corrected chi connectivity index (χ0v) is 62.8. The second kappa shape index (κ2) is 25.1. The minimum Gasteiger partial charge on any atom is -0.455 e. The molecule has 25 rings (SSSR count). The monoisotopic (exact) mass is 1480 g/mol. The van der Waals surface area contributed by atoms with Gasteiger partial charge in [-0.25, -0.2) is 39.9 Å². The summed E-state index contributed by atoms with van der Waals surface area (Å²) in [5, 5.41) is 7.63.